The van der Waals surface area contributed by atoms with E-state index in [1.165, 1.54) is 29.4 Å². The summed E-state index contributed by atoms with van der Waals surface area (Å²) in [5, 5.41) is 45.8. The van der Waals surface area contributed by atoms with Gasteiger partial charge in [-0.25, -0.2) is 0 Å². The summed E-state index contributed by atoms with van der Waals surface area (Å²) >= 11 is 7.01. The Bertz CT molecular complexity index is 1650. The largest absolute Gasteiger partial charge is 0.510 e. The van der Waals surface area contributed by atoms with E-state index in [1.807, 2.05) is 18.2 Å². The van der Waals surface area contributed by atoms with Crippen molar-refractivity contribution in [3.05, 3.63) is 86.3 Å². The number of carbonyl (C=O) groups excluding carboxylic acids is 3. The molecule has 0 radical (unpaired) electrons. The summed E-state index contributed by atoms with van der Waals surface area (Å²) < 4.78 is 0. The molecule has 0 bridgehead atoms. The number of Topliss-reactive ketones (excluding diaryl/α,β-unsaturated/α-hetero) is 2. The lowest BCUT2D eigenvalue weighted by molar-refractivity contribution is -0.148. The Morgan fingerprint density at radius 1 is 1.11 bits per heavy atom. The first-order valence-corrected chi connectivity index (χ1v) is 15.7. The number of halogens is 1. The van der Waals surface area contributed by atoms with Crippen LogP contribution in [0.25, 0.3) is 0 Å². The summed E-state index contributed by atoms with van der Waals surface area (Å²) in [6.07, 6.45) is 3.37. The molecule has 6 N–H and O–H groups in total. The molecule has 0 aromatic heterocycles. The third-order valence-corrected chi connectivity index (χ3v) is 10.4. The summed E-state index contributed by atoms with van der Waals surface area (Å²) in [5.41, 5.74) is 3.96. The van der Waals surface area contributed by atoms with Crippen molar-refractivity contribution in [1.29, 1.82) is 0 Å². The Morgan fingerprint density at radius 3 is 2.42 bits per heavy atom. The van der Waals surface area contributed by atoms with Crippen LogP contribution in [0.4, 0.5) is 0 Å². The van der Waals surface area contributed by atoms with E-state index in [1.54, 1.807) is 14.1 Å². The minimum atomic E-state index is -2.67. The number of aliphatic hydroxyl groups excluding tert-OH is 2. The third kappa shape index (κ3) is 5.23. The maximum absolute atomic E-state index is 14.0. The zero-order valence-corrected chi connectivity index (χ0v) is 26.0. The fourth-order valence-corrected chi connectivity index (χ4v) is 7.83. The molecule has 45 heavy (non-hydrogen) atoms. The lowest BCUT2D eigenvalue weighted by atomic mass is 9.58. The lowest BCUT2D eigenvalue weighted by Crippen LogP contribution is -2.63. The number of phenolic OH excluding ortho intramolecular Hbond substituents is 1. The second-order valence-corrected chi connectivity index (χ2v) is 13.5. The van der Waals surface area contributed by atoms with E-state index < -0.39 is 58.0 Å². The van der Waals surface area contributed by atoms with Crippen molar-refractivity contribution in [2.75, 3.05) is 27.2 Å². The first-order chi connectivity index (χ1) is 21.3. The zero-order chi connectivity index (χ0) is 32.4. The van der Waals surface area contributed by atoms with Crippen LogP contribution in [0.3, 0.4) is 0 Å². The van der Waals surface area contributed by atoms with Gasteiger partial charge in [-0.15, -0.1) is 0 Å². The van der Waals surface area contributed by atoms with Gasteiger partial charge in [0, 0.05) is 36.1 Å². The number of benzene rings is 2. The number of likely N-dealkylation sites (N-methyl/N-ethyl adjacent to an activating group) is 1. The van der Waals surface area contributed by atoms with E-state index in [9.17, 15) is 34.8 Å². The molecule has 2 aromatic rings. The average Bonchev–Trinajstić information content (AvgIpc) is 3.80. The molecule has 0 spiro atoms. The summed E-state index contributed by atoms with van der Waals surface area (Å²) in [6, 6.07) is 10.6. The van der Waals surface area contributed by atoms with Gasteiger partial charge in [0.15, 0.2) is 11.4 Å². The van der Waals surface area contributed by atoms with Gasteiger partial charge in [0.05, 0.1) is 11.6 Å². The molecule has 1 saturated carbocycles. The van der Waals surface area contributed by atoms with Crippen molar-refractivity contribution in [2.24, 2.45) is 23.5 Å². The Labute approximate surface area is 266 Å². The van der Waals surface area contributed by atoms with Crippen LogP contribution >= 0.6 is 11.6 Å². The highest BCUT2D eigenvalue weighted by molar-refractivity contribution is 6.33. The molecule has 11 heteroatoms. The number of nitrogens with two attached hydrogens (primary N) is 1. The molecule has 10 nitrogen and oxygen atoms in total. The van der Waals surface area contributed by atoms with Gasteiger partial charge in [-0.05, 0) is 80.8 Å². The van der Waals surface area contributed by atoms with Crippen molar-refractivity contribution in [3.63, 3.8) is 0 Å². The topological polar surface area (TPSA) is 165 Å². The molecule has 0 unspecified atom stereocenters. The minimum absolute atomic E-state index is 0.0119. The Balaban J connectivity index is 1.36. The number of allylic oxidation sites excluding steroid dienone is 1. The number of aromatic hydroxyl groups is 1. The highest BCUT2D eigenvalue weighted by Gasteiger charge is 2.63. The van der Waals surface area contributed by atoms with Gasteiger partial charge < -0.3 is 26.2 Å². The number of primary amides is 1. The number of carbonyl (C=O) groups is 3. The van der Waals surface area contributed by atoms with E-state index >= 15 is 0 Å². The van der Waals surface area contributed by atoms with Crippen LogP contribution in [0.15, 0.2) is 59.1 Å². The predicted octanol–water partition coefficient (Wildman–Crippen LogP) is 3.23. The number of fused-ring (bicyclic) bond motifs is 3. The SMILES string of the molecule is CN(C)[C@@H]1C(O)=C(C(N)=O)C(=O)[C@@]2(O)C(O)=C3C(=O)c4c(O)cc(CN(CCc5ccccc5)CC5CC5)c(Cl)c4C[C@H]3C[C@@H]12. The lowest BCUT2D eigenvalue weighted by Gasteiger charge is -2.50. The molecule has 4 aliphatic carbocycles. The van der Waals surface area contributed by atoms with Crippen LogP contribution in [-0.4, -0.2) is 86.5 Å². The highest BCUT2D eigenvalue weighted by atomic mass is 35.5. The normalized spacial score (nSPS) is 26.3. The molecular weight excluding hydrogens is 598 g/mol. The Hall–Kier alpha value is -3.70. The number of amides is 1. The zero-order valence-electron chi connectivity index (χ0n) is 25.3. The number of aliphatic hydroxyl groups is 3. The van der Waals surface area contributed by atoms with Crippen molar-refractivity contribution < 1.29 is 34.8 Å². The number of rotatable bonds is 9. The maximum atomic E-state index is 14.0. The quantitative estimate of drug-likeness (QED) is 0.260. The third-order valence-electron chi connectivity index (χ3n) is 9.90. The van der Waals surface area contributed by atoms with Gasteiger partial charge in [-0.3, -0.25) is 24.2 Å². The molecule has 0 saturated heterocycles. The number of hydrogen-bond acceptors (Lipinski definition) is 9. The second-order valence-electron chi connectivity index (χ2n) is 13.1. The van der Waals surface area contributed by atoms with Crippen LogP contribution in [-0.2, 0) is 29.0 Å². The molecule has 1 fully saturated rings. The molecule has 0 heterocycles. The van der Waals surface area contributed by atoms with E-state index in [2.05, 4.69) is 17.0 Å². The highest BCUT2D eigenvalue weighted by Crippen LogP contribution is 2.53. The van der Waals surface area contributed by atoms with Gasteiger partial charge in [0.25, 0.3) is 5.91 Å². The number of nitrogens with zero attached hydrogens (tertiary/aromatic N) is 2. The monoisotopic (exact) mass is 635 g/mol. The fraction of sp³-hybridized carbons (Fsp3) is 0.441. The molecule has 2 aromatic carbocycles. The van der Waals surface area contributed by atoms with Crippen LogP contribution < -0.4 is 5.73 Å². The van der Waals surface area contributed by atoms with Gasteiger partial charge in [-0.1, -0.05) is 41.9 Å². The molecule has 1 amide bonds. The van der Waals surface area contributed by atoms with Crippen molar-refractivity contribution in [1.82, 2.24) is 9.80 Å². The fourth-order valence-electron chi connectivity index (χ4n) is 7.54. The second kappa shape index (κ2) is 11.6. The summed E-state index contributed by atoms with van der Waals surface area (Å²) in [5.74, 6) is -6.21. The van der Waals surface area contributed by atoms with Gasteiger partial charge in [-0.2, -0.15) is 0 Å². The maximum Gasteiger partial charge on any atom is 0.255 e. The standard InChI is InChI=1S/C34H38ClN3O7/c1-37(2)28-22-13-19-12-21-25(29(40)24(19)31(42)34(22,45)32(43)26(30(28)41)33(36)44)23(39)14-20(27(21)35)16-38(15-18-8-9-18)11-10-17-6-4-3-5-7-17/h3-7,14,18-19,22,28,39,41-42,45H,8-13,15-16H2,1-2H3,(H2,36,44)/t19-,22-,28-,34-/m0/s1. The average molecular weight is 636 g/mol. The smallest absolute Gasteiger partial charge is 0.255 e. The van der Waals surface area contributed by atoms with Gasteiger partial charge in [0.1, 0.15) is 22.8 Å². The summed E-state index contributed by atoms with van der Waals surface area (Å²) in [4.78, 5) is 43.5. The van der Waals surface area contributed by atoms with Crippen LogP contribution in [0.2, 0.25) is 5.02 Å². The summed E-state index contributed by atoms with van der Waals surface area (Å²) in [7, 11) is 3.19. The van der Waals surface area contributed by atoms with Crippen LogP contribution in [0.1, 0.15) is 46.3 Å². The Kier molecular flexibility index (Phi) is 8.06. The molecule has 4 aliphatic rings. The number of hydrogen-bond donors (Lipinski definition) is 5. The van der Waals surface area contributed by atoms with Crippen molar-refractivity contribution in [2.45, 2.75) is 50.3 Å². The number of phenols is 1. The predicted molar refractivity (Wildman–Crippen MR) is 167 cm³/mol. The first-order valence-electron chi connectivity index (χ1n) is 15.3. The van der Waals surface area contributed by atoms with Gasteiger partial charge >= 0.3 is 0 Å². The van der Waals surface area contributed by atoms with E-state index in [0.717, 1.165) is 19.5 Å². The van der Waals surface area contributed by atoms with E-state index in [0.29, 0.717) is 28.6 Å². The van der Waals surface area contributed by atoms with Crippen molar-refractivity contribution >= 4 is 29.1 Å². The van der Waals surface area contributed by atoms with Crippen LogP contribution in [0.5, 0.6) is 5.75 Å². The first kappa shape index (κ1) is 31.3. The number of ketones is 2. The van der Waals surface area contributed by atoms with E-state index in [4.69, 9.17) is 17.3 Å². The van der Waals surface area contributed by atoms with E-state index in [-0.39, 0.29) is 29.7 Å². The molecule has 6 rings (SSSR count). The molecule has 238 valence electrons. The minimum Gasteiger partial charge on any atom is -0.510 e. The van der Waals surface area contributed by atoms with Crippen LogP contribution in [0, 0.1) is 17.8 Å². The molecule has 4 atom stereocenters. The van der Waals surface area contributed by atoms with Gasteiger partial charge in [0.2, 0.25) is 5.78 Å². The molecular formula is C34H38ClN3O7. The molecule has 0 aliphatic heterocycles. The summed E-state index contributed by atoms with van der Waals surface area (Å²) in [6.45, 7) is 2.17. The Morgan fingerprint density at radius 2 is 1.80 bits per heavy atom. The van der Waals surface area contributed by atoms with Crippen molar-refractivity contribution in [3.8, 4) is 5.75 Å².